The van der Waals surface area contributed by atoms with Crippen LogP contribution < -0.4 is 15.0 Å². The number of benzene rings is 1. The molecule has 0 spiro atoms. The Morgan fingerprint density at radius 1 is 1.16 bits per heavy atom. The molecule has 9 nitrogen and oxygen atoms in total. The van der Waals surface area contributed by atoms with Gasteiger partial charge in [0, 0.05) is 54.3 Å². The van der Waals surface area contributed by atoms with Crippen molar-refractivity contribution >= 4 is 17.5 Å². The molecule has 4 heterocycles. The van der Waals surface area contributed by atoms with E-state index in [0.29, 0.717) is 35.9 Å². The third-order valence-corrected chi connectivity index (χ3v) is 6.90. The van der Waals surface area contributed by atoms with E-state index in [0.717, 1.165) is 16.8 Å². The molecular weight excluding hydrogens is 482 g/mol. The summed E-state index contributed by atoms with van der Waals surface area (Å²) >= 11 is 0. The van der Waals surface area contributed by atoms with E-state index in [-0.39, 0.29) is 24.6 Å². The lowest BCUT2D eigenvalue weighted by Gasteiger charge is -2.26. The number of para-hydroxylation sites is 1. The zero-order valence-corrected chi connectivity index (χ0v) is 19.9. The summed E-state index contributed by atoms with van der Waals surface area (Å²) < 4.78 is 32.9. The summed E-state index contributed by atoms with van der Waals surface area (Å²) in [6, 6.07) is 10.4. The zero-order valence-electron chi connectivity index (χ0n) is 19.9. The van der Waals surface area contributed by atoms with Gasteiger partial charge in [-0.25, -0.2) is 15.0 Å². The molecule has 1 aliphatic heterocycles. The number of ether oxygens (including phenoxy) is 1. The molecule has 1 saturated heterocycles. The van der Waals surface area contributed by atoms with Gasteiger partial charge < -0.3 is 24.5 Å². The first kappa shape index (κ1) is 23.3. The summed E-state index contributed by atoms with van der Waals surface area (Å²) in [6.45, 7) is 0.117. The number of nitrogens with one attached hydrogen (secondary N) is 1. The van der Waals surface area contributed by atoms with Gasteiger partial charge in [-0.3, -0.25) is 4.79 Å². The Bertz CT molecular complexity index is 1490. The maximum atomic E-state index is 13.1. The Labute approximate surface area is 210 Å². The van der Waals surface area contributed by atoms with E-state index in [9.17, 15) is 18.7 Å². The number of carbonyl (C=O) groups excluding carboxylic acids is 1. The molecule has 4 aromatic rings. The van der Waals surface area contributed by atoms with Crippen molar-refractivity contribution in [2.45, 2.75) is 31.5 Å². The van der Waals surface area contributed by atoms with Gasteiger partial charge in [0.1, 0.15) is 17.0 Å². The number of halogens is 2. The zero-order chi connectivity index (χ0) is 25.7. The van der Waals surface area contributed by atoms with Crippen LogP contribution in [0.3, 0.4) is 0 Å². The quantitative estimate of drug-likeness (QED) is 0.429. The summed E-state index contributed by atoms with van der Waals surface area (Å²) in [5.74, 6) is 0.0842. The van der Waals surface area contributed by atoms with Crippen LogP contribution in [-0.2, 0) is 10.4 Å². The lowest BCUT2D eigenvalue weighted by atomic mass is 9.93. The Balaban J connectivity index is 1.40. The second-order valence-corrected chi connectivity index (χ2v) is 9.48. The van der Waals surface area contributed by atoms with Crippen LogP contribution >= 0.6 is 0 Å². The summed E-state index contributed by atoms with van der Waals surface area (Å²) in [4.78, 5) is 27.1. The van der Waals surface area contributed by atoms with Crippen molar-refractivity contribution in [3.63, 3.8) is 0 Å². The fraction of sp³-hybridized carbons (Fsp3) is 0.308. The standard InChI is InChI=1S/C26H24F2N6O3/c1-26(36)10-18(17-4-2-3-5-19(17)37-24(27)28)22-23(26)32-20-7-6-15(13-34(20)22)16-11-30-25(31-12-16)33-9-8-29-21(35)14-33/h2-7,11-13,18,24,36H,8-10,14H2,1H3,(H,29,35)/t18-,26+/m1/s1. The van der Waals surface area contributed by atoms with E-state index >= 15 is 0 Å². The molecule has 1 amide bonds. The smallest absolute Gasteiger partial charge is 0.387 e. The van der Waals surface area contributed by atoms with Gasteiger partial charge in [0.2, 0.25) is 11.9 Å². The predicted molar refractivity (Wildman–Crippen MR) is 131 cm³/mol. The number of aliphatic hydroxyl groups is 1. The molecule has 0 unspecified atom stereocenters. The number of amides is 1. The molecule has 6 rings (SSSR count). The van der Waals surface area contributed by atoms with Gasteiger partial charge in [-0.2, -0.15) is 8.78 Å². The molecule has 0 bridgehead atoms. The number of rotatable bonds is 5. The van der Waals surface area contributed by atoms with Gasteiger partial charge in [0.05, 0.1) is 17.9 Å². The van der Waals surface area contributed by atoms with Crippen LogP contribution in [0.5, 0.6) is 5.75 Å². The minimum absolute atomic E-state index is 0.0655. The maximum absolute atomic E-state index is 13.1. The molecule has 1 aliphatic carbocycles. The topological polar surface area (TPSA) is 105 Å². The Kier molecular flexibility index (Phi) is 5.52. The maximum Gasteiger partial charge on any atom is 0.387 e. The van der Waals surface area contributed by atoms with Gasteiger partial charge in [-0.15, -0.1) is 0 Å². The van der Waals surface area contributed by atoms with Crippen LogP contribution in [0, 0.1) is 0 Å². The van der Waals surface area contributed by atoms with Crippen molar-refractivity contribution in [3.05, 3.63) is 71.9 Å². The highest BCUT2D eigenvalue weighted by Crippen LogP contribution is 2.49. The van der Waals surface area contributed by atoms with Crippen molar-refractivity contribution in [3.8, 4) is 16.9 Å². The highest BCUT2D eigenvalue weighted by molar-refractivity contribution is 5.82. The van der Waals surface area contributed by atoms with Crippen LogP contribution in [-0.4, -0.2) is 56.6 Å². The largest absolute Gasteiger partial charge is 0.435 e. The van der Waals surface area contributed by atoms with Gasteiger partial charge in [-0.05, 0) is 31.5 Å². The van der Waals surface area contributed by atoms with Gasteiger partial charge >= 0.3 is 6.61 Å². The second-order valence-electron chi connectivity index (χ2n) is 9.48. The number of hydrogen-bond donors (Lipinski definition) is 2. The van der Waals surface area contributed by atoms with Crippen molar-refractivity contribution < 1.29 is 23.4 Å². The average Bonchev–Trinajstić information content (AvgIpc) is 3.39. The minimum atomic E-state index is -2.96. The molecule has 3 aromatic heterocycles. The molecule has 1 fully saturated rings. The second kappa shape index (κ2) is 8.77. The highest BCUT2D eigenvalue weighted by atomic mass is 19.3. The lowest BCUT2D eigenvalue weighted by molar-refractivity contribution is -0.120. The molecule has 1 aromatic carbocycles. The fourth-order valence-electron chi connectivity index (χ4n) is 5.23. The number of carbonyl (C=O) groups is 1. The van der Waals surface area contributed by atoms with Crippen LogP contribution in [0.15, 0.2) is 55.0 Å². The van der Waals surface area contributed by atoms with E-state index in [4.69, 9.17) is 4.74 Å². The third kappa shape index (κ3) is 4.14. The predicted octanol–water partition coefficient (Wildman–Crippen LogP) is 3.07. The summed E-state index contributed by atoms with van der Waals surface area (Å²) in [5.41, 5.74) is 2.77. The van der Waals surface area contributed by atoms with Crippen LogP contribution in [0.4, 0.5) is 14.7 Å². The molecule has 37 heavy (non-hydrogen) atoms. The van der Waals surface area contributed by atoms with Gasteiger partial charge in [-0.1, -0.05) is 18.2 Å². The first-order valence-corrected chi connectivity index (χ1v) is 11.9. The number of pyridine rings is 1. The average molecular weight is 507 g/mol. The van der Waals surface area contributed by atoms with Crippen molar-refractivity contribution in [1.29, 1.82) is 0 Å². The van der Waals surface area contributed by atoms with E-state index in [1.807, 2.05) is 27.6 Å². The number of anilines is 1. The monoisotopic (exact) mass is 506 g/mol. The molecule has 190 valence electrons. The van der Waals surface area contributed by atoms with Gasteiger partial charge in [0.15, 0.2) is 0 Å². The van der Waals surface area contributed by atoms with Gasteiger partial charge in [0.25, 0.3) is 0 Å². The Morgan fingerprint density at radius 3 is 2.70 bits per heavy atom. The van der Waals surface area contributed by atoms with E-state index < -0.39 is 18.1 Å². The van der Waals surface area contributed by atoms with E-state index in [1.54, 1.807) is 37.5 Å². The van der Waals surface area contributed by atoms with E-state index in [1.165, 1.54) is 6.07 Å². The molecule has 2 N–H and O–H groups in total. The van der Waals surface area contributed by atoms with Crippen molar-refractivity contribution in [2.24, 2.45) is 0 Å². The number of hydrogen-bond acceptors (Lipinski definition) is 7. The van der Waals surface area contributed by atoms with Crippen molar-refractivity contribution in [2.75, 3.05) is 24.5 Å². The van der Waals surface area contributed by atoms with Crippen molar-refractivity contribution in [1.82, 2.24) is 24.7 Å². The molecule has 2 atom stereocenters. The first-order valence-electron chi connectivity index (χ1n) is 11.9. The normalized spacial score (nSPS) is 21.4. The fourth-order valence-corrected chi connectivity index (χ4v) is 5.23. The molecule has 0 radical (unpaired) electrons. The first-order chi connectivity index (χ1) is 17.8. The molecule has 0 saturated carbocycles. The molecule has 2 aliphatic rings. The molecular formula is C26H24F2N6O3. The number of aromatic nitrogens is 4. The highest BCUT2D eigenvalue weighted by Gasteiger charge is 2.44. The number of piperazine rings is 1. The summed E-state index contributed by atoms with van der Waals surface area (Å²) in [7, 11) is 0. The summed E-state index contributed by atoms with van der Waals surface area (Å²) in [5, 5.41) is 14.0. The minimum Gasteiger partial charge on any atom is -0.435 e. The van der Waals surface area contributed by atoms with Crippen LogP contribution in [0.25, 0.3) is 16.8 Å². The lowest BCUT2D eigenvalue weighted by Crippen LogP contribution is -2.48. The number of nitrogens with zero attached hydrogens (tertiary/aromatic N) is 5. The number of fused-ring (bicyclic) bond motifs is 3. The summed E-state index contributed by atoms with van der Waals surface area (Å²) in [6.07, 6.45) is 5.57. The van der Waals surface area contributed by atoms with Crippen LogP contribution in [0.2, 0.25) is 0 Å². The molecule has 11 heteroatoms. The third-order valence-electron chi connectivity index (χ3n) is 6.90. The number of imidazole rings is 1. The van der Waals surface area contributed by atoms with E-state index in [2.05, 4.69) is 20.3 Å². The number of alkyl halides is 2. The SMILES string of the molecule is C[C@]1(O)C[C@H](c2ccccc2OC(F)F)c2c1nc1ccc(-c3cnc(N4CCNC(=O)C4)nc3)cn21. The van der Waals surface area contributed by atoms with Crippen LogP contribution in [0.1, 0.15) is 36.2 Å². The Morgan fingerprint density at radius 2 is 1.95 bits per heavy atom. The Hall–Kier alpha value is -4.12.